The summed E-state index contributed by atoms with van der Waals surface area (Å²) < 4.78 is 59.9. The molecule has 5 atom stereocenters. The van der Waals surface area contributed by atoms with Gasteiger partial charge >= 0.3 is 0 Å². The average Bonchev–Trinajstić information content (AvgIpc) is 3.65. The fourth-order valence-corrected chi connectivity index (χ4v) is 5.23. The second-order valence-corrected chi connectivity index (χ2v) is 9.29. The van der Waals surface area contributed by atoms with Crippen molar-refractivity contribution in [2.24, 2.45) is 0 Å². The molecule has 2 N–H and O–H groups in total. The first-order chi connectivity index (χ1) is 17.4. The molecule has 2 fully saturated rings. The van der Waals surface area contributed by atoms with E-state index in [0.717, 1.165) is 43.6 Å². The zero-order valence-corrected chi connectivity index (χ0v) is 19.6. The van der Waals surface area contributed by atoms with Gasteiger partial charge in [0, 0.05) is 31.1 Å². The second-order valence-electron chi connectivity index (χ2n) is 9.29. The number of halogens is 3. The van der Waals surface area contributed by atoms with Crippen molar-refractivity contribution in [1.29, 1.82) is 0 Å². The number of hydrogen-bond donors (Lipinski definition) is 2. The maximum Gasteiger partial charge on any atom is 0.195 e. The summed E-state index contributed by atoms with van der Waals surface area (Å²) in [5.74, 6) is -3.15. The third-order valence-electron chi connectivity index (χ3n) is 7.11. The number of nitrogens with zero attached hydrogens (tertiary/aromatic N) is 4. The van der Waals surface area contributed by atoms with Crippen LogP contribution in [0.5, 0.6) is 0 Å². The summed E-state index contributed by atoms with van der Waals surface area (Å²) in [6.07, 6.45) is 2.39. The number of ether oxygens (including phenoxy) is 2. The van der Waals surface area contributed by atoms with E-state index in [1.54, 1.807) is 0 Å². The molecule has 0 bridgehead atoms. The third kappa shape index (κ3) is 4.54. The fraction of sp³-hybridized carbons (Fsp3) is 0.542. The van der Waals surface area contributed by atoms with E-state index in [9.17, 15) is 23.4 Å². The first-order valence-electron chi connectivity index (χ1n) is 11.9. The maximum atomic E-state index is 14.3. The zero-order valence-electron chi connectivity index (χ0n) is 19.6. The van der Waals surface area contributed by atoms with Gasteiger partial charge in [0.15, 0.2) is 17.5 Å². The van der Waals surface area contributed by atoms with E-state index in [1.807, 2.05) is 6.07 Å². The standard InChI is InChI=1S/C24H27F3N4O5/c1-34-24-18(9-13-8-17(36-29-13)12-4-2-3-5-12)35-19(11-32)23(33)22(24)31-10-16(28-30-31)14-6-7-15(25)21(27)20(14)26/h6-8,10,12,18-19,22-24,32-33H,2-5,9,11H2,1H3/t18-,19-,22+,23+,24+/m1/s1. The molecule has 1 aliphatic carbocycles. The van der Waals surface area contributed by atoms with Crippen molar-refractivity contribution >= 4 is 0 Å². The lowest BCUT2D eigenvalue weighted by Gasteiger charge is -2.43. The molecule has 1 aromatic carbocycles. The van der Waals surface area contributed by atoms with Crippen LogP contribution in [-0.2, 0) is 15.9 Å². The molecule has 2 aliphatic rings. The van der Waals surface area contributed by atoms with Crippen LogP contribution < -0.4 is 0 Å². The summed E-state index contributed by atoms with van der Waals surface area (Å²) in [5.41, 5.74) is 0.307. The molecule has 0 amide bonds. The molecule has 0 radical (unpaired) electrons. The van der Waals surface area contributed by atoms with Crippen molar-refractivity contribution in [1.82, 2.24) is 20.2 Å². The van der Waals surface area contributed by atoms with Gasteiger partial charge in [-0.2, -0.15) is 0 Å². The summed E-state index contributed by atoms with van der Waals surface area (Å²) in [5, 5.41) is 32.9. The van der Waals surface area contributed by atoms with Crippen LogP contribution in [-0.4, -0.2) is 68.5 Å². The van der Waals surface area contributed by atoms with E-state index in [2.05, 4.69) is 15.5 Å². The summed E-state index contributed by atoms with van der Waals surface area (Å²) in [7, 11) is 1.44. The number of rotatable bonds is 7. The maximum absolute atomic E-state index is 14.3. The van der Waals surface area contributed by atoms with Crippen LogP contribution in [0.15, 0.2) is 28.9 Å². The van der Waals surface area contributed by atoms with Gasteiger partial charge in [0.2, 0.25) is 0 Å². The quantitative estimate of drug-likeness (QED) is 0.468. The van der Waals surface area contributed by atoms with Gasteiger partial charge in [-0.05, 0) is 25.0 Å². The average molecular weight is 508 g/mol. The SMILES string of the molecule is CO[C@@H]1[C@@H](n2cc(-c3ccc(F)c(F)c3F)nn2)[C@@H](O)[C@@H](CO)O[C@@H]1Cc1cc(C2CCCC2)on1. The Morgan fingerprint density at radius 2 is 1.92 bits per heavy atom. The van der Waals surface area contributed by atoms with Crippen molar-refractivity contribution in [3.8, 4) is 11.3 Å². The lowest BCUT2D eigenvalue weighted by molar-refractivity contribution is -0.212. The molecule has 5 rings (SSSR count). The Balaban J connectivity index is 1.42. The van der Waals surface area contributed by atoms with Crippen LogP contribution in [0.2, 0.25) is 0 Å². The summed E-state index contributed by atoms with van der Waals surface area (Å²) in [4.78, 5) is 0. The zero-order chi connectivity index (χ0) is 25.4. The van der Waals surface area contributed by atoms with Gasteiger partial charge in [0.25, 0.3) is 0 Å². The van der Waals surface area contributed by atoms with Crippen LogP contribution >= 0.6 is 0 Å². The Labute approximate surface area is 204 Å². The highest BCUT2D eigenvalue weighted by atomic mass is 19.2. The Hall–Kier alpha value is -2.80. The highest BCUT2D eigenvalue weighted by molar-refractivity contribution is 5.58. The van der Waals surface area contributed by atoms with Gasteiger partial charge < -0.3 is 24.2 Å². The molecule has 1 aliphatic heterocycles. The van der Waals surface area contributed by atoms with Crippen LogP contribution in [0.4, 0.5) is 13.2 Å². The van der Waals surface area contributed by atoms with E-state index in [-0.39, 0.29) is 17.7 Å². The van der Waals surface area contributed by atoms with Gasteiger partial charge in [0.1, 0.15) is 35.8 Å². The number of aliphatic hydroxyl groups is 2. The molecule has 3 heterocycles. The van der Waals surface area contributed by atoms with Gasteiger partial charge in [-0.25, -0.2) is 17.9 Å². The Bertz CT molecular complexity index is 1200. The molecule has 9 nitrogen and oxygen atoms in total. The van der Waals surface area contributed by atoms with Crippen molar-refractivity contribution < 1.29 is 37.4 Å². The summed E-state index contributed by atoms with van der Waals surface area (Å²) in [6.45, 7) is -0.476. The van der Waals surface area contributed by atoms with E-state index in [1.165, 1.54) is 18.0 Å². The van der Waals surface area contributed by atoms with Gasteiger partial charge in [-0.1, -0.05) is 23.2 Å². The van der Waals surface area contributed by atoms with Crippen molar-refractivity contribution in [2.45, 2.75) is 68.5 Å². The first kappa shape index (κ1) is 24.9. The molecular weight excluding hydrogens is 481 g/mol. The number of benzene rings is 1. The summed E-state index contributed by atoms with van der Waals surface area (Å²) in [6, 6.07) is 2.87. The van der Waals surface area contributed by atoms with Gasteiger partial charge in [-0.3, -0.25) is 0 Å². The minimum atomic E-state index is -1.62. The Morgan fingerprint density at radius 1 is 1.14 bits per heavy atom. The lowest BCUT2D eigenvalue weighted by atomic mass is 9.90. The van der Waals surface area contributed by atoms with E-state index in [0.29, 0.717) is 11.6 Å². The first-order valence-corrected chi connectivity index (χ1v) is 11.9. The second kappa shape index (κ2) is 10.3. The minimum Gasteiger partial charge on any atom is -0.394 e. The predicted molar refractivity (Wildman–Crippen MR) is 118 cm³/mol. The predicted octanol–water partition coefficient (Wildman–Crippen LogP) is 2.93. The third-order valence-corrected chi connectivity index (χ3v) is 7.11. The van der Waals surface area contributed by atoms with Crippen LogP contribution in [0.1, 0.15) is 49.1 Å². The summed E-state index contributed by atoms with van der Waals surface area (Å²) >= 11 is 0. The molecule has 1 saturated heterocycles. The minimum absolute atomic E-state index is 0.0604. The van der Waals surface area contributed by atoms with Crippen LogP contribution in [0.25, 0.3) is 11.3 Å². The highest BCUT2D eigenvalue weighted by Gasteiger charge is 2.47. The molecule has 0 spiro atoms. The normalized spacial score (nSPS) is 27.1. The molecule has 1 saturated carbocycles. The van der Waals surface area contributed by atoms with Crippen LogP contribution in [0, 0.1) is 17.5 Å². The molecule has 12 heteroatoms. The fourth-order valence-electron chi connectivity index (χ4n) is 5.23. The number of methoxy groups -OCH3 is 1. The lowest BCUT2D eigenvalue weighted by Crippen LogP contribution is -2.57. The molecule has 2 aromatic heterocycles. The number of aliphatic hydroxyl groups excluding tert-OH is 2. The number of hydrogen-bond acceptors (Lipinski definition) is 8. The van der Waals surface area contributed by atoms with Crippen molar-refractivity contribution in [3.05, 3.63) is 53.3 Å². The van der Waals surface area contributed by atoms with Crippen LogP contribution in [0.3, 0.4) is 0 Å². The molecule has 36 heavy (non-hydrogen) atoms. The van der Waals surface area contributed by atoms with E-state index >= 15 is 0 Å². The molecular formula is C24H27F3N4O5. The molecule has 0 unspecified atom stereocenters. The van der Waals surface area contributed by atoms with E-state index in [4.69, 9.17) is 14.0 Å². The smallest absolute Gasteiger partial charge is 0.195 e. The Morgan fingerprint density at radius 3 is 2.64 bits per heavy atom. The Kier molecular flexibility index (Phi) is 7.11. The molecule has 194 valence electrons. The highest BCUT2D eigenvalue weighted by Crippen LogP contribution is 2.37. The van der Waals surface area contributed by atoms with Crippen molar-refractivity contribution in [2.75, 3.05) is 13.7 Å². The largest absolute Gasteiger partial charge is 0.394 e. The topological polar surface area (TPSA) is 116 Å². The van der Waals surface area contributed by atoms with Gasteiger partial charge in [0.05, 0.1) is 24.6 Å². The van der Waals surface area contributed by atoms with E-state index < -0.39 is 54.5 Å². The number of aromatic nitrogens is 4. The van der Waals surface area contributed by atoms with Gasteiger partial charge in [-0.15, -0.1) is 5.10 Å². The van der Waals surface area contributed by atoms with Crippen molar-refractivity contribution in [3.63, 3.8) is 0 Å². The molecule has 3 aromatic rings. The monoisotopic (exact) mass is 508 g/mol.